The molecule has 0 radical (unpaired) electrons. The van der Waals surface area contributed by atoms with Gasteiger partial charge in [-0.1, -0.05) is 18.2 Å². The van der Waals surface area contributed by atoms with E-state index in [0.717, 1.165) is 0 Å². The quantitative estimate of drug-likeness (QED) is 0.938. The molecule has 1 atom stereocenters. The van der Waals surface area contributed by atoms with Crippen LogP contribution < -0.4 is 10.1 Å². The monoisotopic (exact) mass is 291 g/mol. The molecule has 1 N–H and O–H groups in total. The maximum absolute atomic E-state index is 12.1. The fourth-order valence-electron chi connectivity index (χ4n) is 1.82. The Morgan fingerprint density at radius 3 is 2.64 bits per heavy atom. The fourth-order valence-corrected chi connectivity index (χ4v) is 1.82. The van der Waals surface area contributed by atoms with Gasteiger partial charge >= 0.3 is 0 Å². The molecule has 1 amide bonds. The van der Waals surface area contributed by atoms with Gasteiger partial charge in [-0.2, -0.15) is 10.5 Å². The largest absolute Gasteiger partial charge is 0.480 e. The van der Waals surface area contributed by atoms with Crippen molar-refractivity contribution in [2.24, 2.45) is 0 Å². The van der Waals surface area contributed by atoms with Crippen LogP contribution in [0.5, 0.6) is 5.75 Å². The highest BCUT2D eigenvalue weighted by atomic mass is 16.5. The second-order valence-electron chi connectivity index (χ2n) is 4.55. The normalized spacial score (nSPS) is 10.9. The van der Waals surface area contributed by atoms with Crippen molar-refractivity contribution in [3.05, 3.63) is 59.7 Å². The average Bonchev–Trinajstić information content (AvgIpc) is 2.55. The molecule has 0 spiro atoms. The van der Waals surface area contributed by atoms with Gasteiger partial charge in [0.05, 0.1) is 17.2 Å². The highest BCUT2D eigenvalue weighted by Gasteiger charge is 2.16. The number of benzene rings is 2. The Morgan fingerprint density at radius 1 is 1.14 bits per heavy atom. The van der Waals surface area contributed by atoms with Gasteiger partial charge in [0.2, 0.25) is 0 Å². The molecule has 0 aliphatic heterocycles. The second-order valence-corrected chi connectivity index (χ2v) is 4.55. The molecule has 2 rings (SSSR count). The zero-order valence-electron chi connectivity index (χ0n) is 11.9. The number of ether oxygens (including phenoxy) is 1. The minimum absolute atomic E-state index is 0.358. The molecular weight excluding hydrogens is 278 g/mol. The summed E-state index contributed by atoms with van der Waals surface area (Å²) < 4.78 is 5.53. The molecular formula is C17H13N3O2. The molecule has 0 bridgehead atoms. The molecule has 0 saturated carbocycles. The van der Waals surface area contributed by atoms with E-state index in [2.05, 4.69) is 5.32 Å². The summed E-state index contributed by atoms with van der Waals surface area (Å²) in [6.07, 6.45) is -0.778. The number of hydrogen-bond donors (Lipinski definition) is 1. The first kappa shape index (κ1) is 15.1. The Hall–Kier alpha value is -3.31. The first-order chi connectivity index (χ1) is 10.6. The van der Waals surface area contributed by atoms with Gasteiger partial charge in [-0.05, 0) is 37.3 Å². The number of carbonyl (C=O) groups is 1. The molecule has 0 aliphatic rings. The standard InChI is InChI=1S/C17H13N3O2/c1-12(22-16-8-3-2-6-14(16)11-19)17(21)20-15-7-4-5-13(9-15)10-18/h2-9,12H,1H3,(H,20,21). The minimum atomic E-state index is -0.778. The first-order valence-electron chi connectivity index (χ1n) is 6.61. The first-order valence-corrected chi connectivity index (χ1v) is 6.61. The van der Waals surface area contributed by atoms with Gasteiger partial charge in [0, 0.05) is 5.69 Å². The Morgan fingerprint density at radius 2 is 1.91 bits per heavy atom. The lowest BCUT2D eigenvalue weighted by Gasteiger charge is -2.15. The summed E-state index contributed by atoms with van der Waals surface area (Å²) in [5.41, 5.74) is 1.35. The number of hydrogen-bond acceptors (Lipinski definition) is 4. The van der Waals surface area contributed by atoms with Crippen molar-refractivity contribution in [3.8, 4) is 17.9 Å². The van der Waals surface area contributed by atoms with Crippen molar-refractivity contribution in [2.75, 3.05) is 5.32 Å². The van der Waals surface area contributed by atoms with Gasteiger partial charge in [-0.15, -0.1) is 0 Å². The summed E-state index contributed by atoms with van der Waals surface area (Å²) in [6.45, 7) is 1.59. The van der Waals surface area contributed by atoms with Crippen LogP contribution in [-0.4, -0.2) is 12.0 Å². The number of amides is 1. The molecule has 5 nitrogen and oxygen atoms in total. The third kappa shape index (κ3) is 3.62. The second kappa shape index (κ2) is 6.92. The number of anilines is 1. The van der Waals surface area contributed by atoms with Gasteiger partial charge in [-0.3, -0.25) is 4.79 Å². The maximum Gasteiger partial charge on any atom is 0.265 e. The number of nitrogens with zero attached hydrogens (tertiary/aromatic N) is 2. The topological polar surface area (TPSA) is 85.9 Å². The molecule has 0 aromatic heterocycles. The van der Waals surface area contributed by atoms with Crippen LogP contribution in [0.25, 0.3) is 0 Å². The predicted molar refractivity (Wildman–Crippen MR) is 81.0 cm³/mol. The highest BCUT2D eigenvalue weighted by Crippen LogP contribution is 2.19. The van der Waals surface area contributed by atoms with Gasteiger partial charge < -0.3 is 10.1 Å². The SMILES string of the molecule is CC(Oc1ccccc1C#N)C(=O)Nc1cccc(C#N)c1. The maximum atomic E-state index is 12.1. The van der Waals surface area contributed by atoms with Crippen LogP contribution >= 0.6 is 0 Å². The summed E-state index contributed by atoms with van der Waals surface area (Å²) in [5, 5.41) is 20.5. The fraction of sp³-hybridized carbons (Fsp3) is 0.118. The van der Waals surface area contributed by atoms with E-state index in [9.17, 15) is 4.79 Å². The summed E-state index contributed by atoms with van der Waals surface area (Å²) in [7, 11) is 0. The molecule has 5 heteroatoms. The van der Waals surface area contributed by atoms with Crippen LogP contribution in [0.3, 0.4) is 0 Å². The van der Waals surface area contributed by atoms with Crippen molar-refractivity contribution in [1.29, 1.82) is 10.5 Å². The Kier molecular flexibility index (Phi) is 4.74. The molecule has 0 fully saturated rings. The molecule has 0 saturated heterocycles. The van der Waals surface area contributed by atoms with Crippen molar-refractivity contribution >= 4 is 11.6 Å². The third-order valence-electron chi connectivity index (χ3n) is 2.94. The zero-order chi connectivity index (χ0) is 15.9. The zero-order valence-corrected chi connectivity index (χ0v) is 11.9. The van der Waals surface area contributed by atoms with Crippen LogP contribution in [0.2, 0.25) is 0 Å². The van der Waals surface area contributed by atoms with Crippen LogP contribution in [0.1, 0.15) is 18.1 Å². The Balaban J connectivity index is 2.06. The van der Waals surface area contributed by atoms with Crippen LogP contribution in [0.4, 0.5) is 5.69 Å². The van der Waals surface area contributed by atoms with Crippen molar-refractivity contribution in [3.63, 3.8) is 0 Å². The number of rotatable bonds is 4. The summed E-state index contributed by atoms with van der Waals surface area (Å²) >= 11 is 0. The van der Waals surface area contributed by atoms with Gasteiger partial charge in [0.25, 0.3) is 5.91 Å². The summed E-state index contributed by atoms with van der Waals surface area (Å²) in [6, 6.07) is 17.3. The number of nitrogens with one attached hydrogen (secondary N) is 1. The smallest absolute Gasteiger partial charge is 0.265 e. The van der Waals surface area contributed by atoms with E-state index < -0.39 is 6.10 Å². The molecule has 0 heterocycles. The van der Waals surface area contributed by atoms with E-state index in [-0.39, 0.29) is 5.91 Å². The number of para-hydroxylation sites is 1. The number of carbonyl (C=O) groups excluding carboxylic acids is 1. The van der Waals surface area contributed by atoms with Crippen LogP contribution in [0.15, 0.2) is 48.5 Å². The highest BCUT2D eigenvalue weighted by molar-refractivity contribution is 5.94. The van der Waals surface area contributed by atoms with E-state index in [1.165, 1.54) is 0 Å². The molecule has 2 aromatic rings. The molecule has 108 valence electrons. The minimum Gasteiger partial charge on any atom is -0.480 e. The van der Waals surface area contributed by atoms with Crippen molar-refractivity contribution in [2.45, 2.75) is 13.0 Å². The van der Waals surface area contributed by atoms with E-state index in [4.69, 9.17) is 15.3 Å². The lowest BCUT2D eigenvalue weighted by atomic mass is 10.2. The molecule has 1 unspecified atom stereocenters. The summed E-state index contributed by atoms with van der Waals surface area (Å²) in [5.74, 6) is 0.00117. The van der Waals surface area contributed by atoms with E-state index in [0.29, 0.717) is 22.6 Å². The van der Waals surface area contributed by atoms with Gasteiger partial charge in [-0.25, -0.2) is 0 Å². The number of nitriles is 2. The van der Waals surface area contributed by atoms with Gasteiger partial charge in [0.15, 0.2) is 6.10 Å². The van der Waals surface area contributed by atoms with Crippen LogP contribution in [-0.2, 0) is 4.79 Å². The van der Waals surface area contributed by atoms with Gasteiger partial charge in [0.1, 0.15) is 11.8 Å². The molecule has 22 heavy (non-hydrogen) atoms. The van der Waals surface area contributed by atoms with E-state index in [1.54, 1.807) is 55.5 Å². The van der Waals surface area contributed by atoms with E-state index >= 15 is 0 Å². The van der Waals surface area contributed by atoms with Crippen molar-refractivity contribution in [1.82, 2.24) is 0 Å². The molecule has 0 aliphatic carbocycles. The molecule has 2 aromatic carbocycles. The lowest BCUT2D eigenvalue weighted by molar-refractivity contribution is -0.122. The summed E-state index contributed by atoms with van der Waals surface area (Å²) in [4.78, 5) is 12.1. The average molecular weight is 291 g/mol. The lowest BCUT2D eigenvalue weighted by Crippen LogP contribution is -2.30. The van der Waals surface area contributed by atoms with Crippen molar-refractivity contribution < 1.29 is 9.53 Å². The Labute approximate surface area is 128 Å². The predicted octanol–water partition coefficient (Wildman–Crippen LogP) is 2.84. The van der Waals surface area contributed by atoms with Crippen LogP contribution in [0, 0.1) is 22.7 Å². The Bertz CT molecular complexity index is 772. The van der Waals surface area contributed by atoms with E-state index in [1.807, 2.05) is 12.1 Å². The third-order valence-corrected chi connectivity index (χ3v) is 2.94.